The van der Waals surface area contributed by atoms with Gasteiger partial charge in [0.1, 0.15) is 5.75 Å². The van der Waals surface area contributed by atoms with Crippen LogP contribution in [0.2, 0.25) is 0 Å². The third kappa shape index (κ3) is 3.63. The summed E-state index contributed by atoms with van der Waals surface area (Å²) in [7, 11) is 1.65. The van der Waals surface area contributed by atoms with Crippen molar-refractivity contribution < 1.29 is 4.74 Å². The van der Waals surface area contributed by atoms with Crippen LogP contribution in [0.4, 0.5) is 5.13 Å². The molecule has 0 aliphatic heterocycles. The van der Waals surface area contributed by atoms with E-state index in [0.717, 1.165) is 27.7 Å². The summed E-state index contributed by atoms with van der Waals surface area (Å²) in [6, 6.07) is 14.1. The van der Waals surface area contributed by atoms with Gasteiger partial charge in [0, 0.05) is 16.5 Å². The van der Waals surface area contributed by atoms with Gasteiger partial charge in [-0.25, -0.2) is 4.98 Å². The molecule has 5 heteroatoms. The molecule has 1 aromatic heterocycles. The number of aryl methyl sites for hydroxylation is 2. The number of ether oxygens (including phenoxy) is 1. The van der Waals surface area contributed by atoms with Gasteiger partial charge < -0.3 is 4.74 Å². The van der Waals surface area contributed by atoms with E-state index in [9.17, 15) is 0 Å². The SMILES string of the molecule is COc1ccccc1/C=N\Nc1nc(-c2ccc(C)c(C)c2)cs1. The van der Waals surface area contributed by atoms with Crippen LogP contribution in [-0.2, 0) is 0 Å². The normalized spacial score (nSPS) is 11.0. The summed E-state index contributed by atoms with van der Waals surface area (Å²) >= 11 is 1.53. The molecule has 3 aromatic rings. The third-order valence-corrected chi connectivity index (χ3v) is 4.56. The summed E-state index contributed by atoms with van der Waals surface area (Å²) in [5, 5.41) is 7.04. The van der Waals surface area contributed by atoms with E-state index in [1.165, 1.54) is 22.5 Å². The first-order valence-electron chi connectivity index (χ1n) is 7.62. The summed E-state index contributed by atoms with van der Waals surface area (Å²) in [5.74, 6) is 0.790. The maximum atomic E-state index is 5.30. The minimum Gasteiger partial charge on any atom is -0.496 e. The van der Waals surface area contributed by atoms with Crippen molar-refractivity contribution in [1.29, 1.82) is 0 Å². The van der Waals surface area contributed by atoms with Gasteiger partial charge in [0.25, 0.3) is 0 Å². The van der Waals surface area contributed by atoms with Gasteiger partial charge in [-0.15, -0.1) is 11.3 Å². The molecule has 0 unspecified atom stereocenters. The Morgan fingerprint density at radius 1 is 1.12 bits per heavy atom. The highest BCUT2D eigenvalue weighted by atomic mass is 32.1. The van der Waals surface area contributed by atoms with Gasteiger partial charge in [-0.2, -0.15) is 5.10 Å². The van der Waals surface area contributed by atoms with Crippen LogP contribution in [0.25, 0.3) is 11.3 Å². The third-order valence-electron chi connectivity index (χ3n) is 3.81. The summed E-state index contributed by atoms with van der Waals surface area (Å²) in [4.78, 5) is 4.59. The second-order valence-electron chi connectivity index (χ2n) is 5.45. The molecule has 0 saturated carbocycles. The Morgan fingerprint density at radius 3 is 2.75 bits per heavy atom. The van der Waals surface area contributed by atoms with E-state index in [1.807, 2.05) is 29.6 Å². The molecule has 0 atom stereocenters. The molecular weight excluding hydrogens is 318 g/mol. The summed E-state index contributed by atoms with van der Waals surface area (Å²) in [6.07, 6.45) is 1.73. The lowest BCUT2D eigenvalue weighted by Crippen LogP contribution is -1.93. The Balaban J connectivity index is 1.72. The molecule has 2 aromatic carbocycles. The molecule has 0 radical (unpaired) electrons. The Hall–Kier alpha value is -2.66. The average molecular weight is 337 g/mol. The number of para-hydroxylation sites is 1. The van der Waals surface area contributed by atoms with Gasteiger partial charge in [0.05, 0.1) is 19.0 Å². The van der Waals surface area contributed by atoms with Gasteiger partial charge in [0.2, 0.25) is 5.13 Å². The van der Waals surface area contributed by atoms with E-state index in [4.69, 9.17) is 4.74 Å². The smallest absolute Gasteiger partial charge is 0.203 e. The lowest BCUT2D eigenvalue weighted by Gasteiger charge is -2.03. The summed E-state index contributed by atoms with van der Waals surface area (Å²) in [6.45, 7) is 4.22. The molecular formula is C19H19N3OS. The molecule has 1 heterocycles. The molecule has 24 heavy (non-hydrogen) atoms. The average Bonchev–Trinajstić information content (AvgIpc) is 3.06. The van der Waals surface area contributed by atoms with E-state index in [-0.39, 0.29) is 0 Å². The maximum Gasteiger partial charge on any atom is 0.203 e. The number of rotatable bonds is 5. The van der Waals surface area contributed by atoms with Crippen molar-refractivity contribution in [3.8, 4) is 17.0 Å². The monoisotopic (exact) mass is 337 g/mol. The Labute approximate surface area is 145 Å². The highest BCUT2D eigenvalue weighted by Gasteiger charge is 2.05. The Bertz CT molecular complexity index is 871. The minimum atomic E-state index is 0.759. The zero-order chi connectivity index (χ0) is 16.9. The standard InChI is InChI=1S/C19H19N3OS/c1-13-8-9-15(10-14(13)2)17-12-24-19(21-17)22-20-11-16-6-4-5-7-18(16)23-3/h4-12H,1-3H3,(H,21,22)/b20-11-. The van der Waals surface area contributed by atoms with Crippen molar-refractivity contribution >= 4 is 22.7 Å². The molecule has 0 fully saturated rings. The highest BCUT2D eigenvalue weighted by molar-refractivity contribution is 7.14. The fourth-order valence-electron chi connectivity index (χ4n) is 2.29. The fraction of sp³-hybridized carbons (Fsp3) is 0.158. The second kappa shape index (κ2) is 7.27. The number of benzene rings is 2. The van der Waals surface area contributed by atoms with Crippen molar-refractivity contribution in [2.45, 2.75) is 13.8 Å². The topological polar surface area (TPSA) is 46.5 Å². The minimum absolute atomic E-state index is 0.759. The maximum absolute atomic E-state index is 5.30. The molecule has 0 bridgehead atoms. The molecule has 4 nitrogen and oxygen atoms in total. The van der Waals surface area contributed by atoms with Crippen LogP contribution in [0, 0.1) is 13.8 Å². The number of aromatic nitrogens is 1. The van der Waals surface area contributed by atoms with Crippen LogP contribution in [0.3, 0.4) is 0 Å². The number of anilines is 1. The first-order valence-corrected chi connectivity index (χ1v) is 8.50. The number of nitrogens with zero attached hydrogens (tertiary/aromatic N) is 2. The van der Waals surface area contributed by atoms with Crippen molar-refractivity contribution in [2.75, 3.05) is 12.5 Å². The fourth-order valence-corrected chi connectivity index (χ4v) is 2.96. The van der Waals surface area contributed by atoms with Crippen LogP contribution in [-0.4, -0.2) is 18.3 Å². The van der Waals surface area contributed by atoms with Crippen LogP contribution < -0.4 is 10.2 Å². The molecule has 0 saturated heterocycles. The van der Waals surface area contributed by atoms with E-state index in [0.29, 0.717) is 0 Å². The molecule has 0 amide bonds. The quantitative estimate of drug-likeness (QED) is 0.533. The zero-order valence-corrected chi connectivity index (χ0v) is 14.7. The molecule has 0 aliphatic rings. The highest BCUT2D eigenvalue weighted by Crippen LogP contribution is 2.26. The zero-order valence-electron chi connectivity index (χ0n) is 13.9. The predicted octanol–water partition coefficient (Wildman–Crippen LogP) is 4.88. The van der Waals surface area contributed by atoms with E-state index < -0.39 is 0 Å². The van der Waals surface area contributed by atoms with E-state index in [2.05, 4.69) is 47.6 Å². The molecule has 0 spiro atoms. The lowest BCUT2D eigenvalue weighted by atomic mass is 10.1. The lowest BCUT2D eigenvalue weighted by molar-refractivity contribution is 0.414. The Morgan fingerprint density at radius 2 is 1.96 bits per heavy atom. The summed E-state index contributed by atoms with van der Waals surface area (Å²) in [5.41, 5.74) is 8.53. The van der Waals surface area contributed by atoms with Gasteiger partial charge >= 0.3 is 0 Å². The largest absolute Gasteiger partial charge is 0.496 e. The van der Waals surface area contributed by atoms with E-state index in [1.54, 1.807) is 13.3 Å². The van der Waals surface area contributed by atoms with E-state index >= 15 is 0 Å². The number of methoxy groups -OCH3 is 1. The molecule has 1 N–H and O–H groups in total. The van der Waals surface area contributed by atoms with Crippen LogP contribution in [0.1, 0.15) is 16.7 Å². The predicted molar refractivity (Wildman–Crippen MR) is 101 cm³/mol. The molecule has 0 aliphatic carbocycles. The van der Waals surface area contributed by atoms with Crippen LogP contribution >= 0.6 is 11.3 Å². The van der Waals surface area contributed by atoms with Gasteiger partial charge in [0.15, 0.2) is 0 Å². The van der Waals surface area contributed by atoms with Crippen molar-refractivity contribution in [3.63, 3.8) is 0 Å². The van der Waals surface area contributed by atoms with Gasteiger partial charge in [-0.1, -0.05) is 24.3 Å². The van der Waals surface area contributed by atoms with Crippen molar-refractivity contribution in [1.82, 2.24) is 4.98 Å². The number of hydrazone groups is 1. The molecule has 3 rings (SSSR count). The Kier molecular flexibility index (Phi) is 4.91. The van der Waals surface area contributed by atoms with Crippen LogP contribution in [0.5, 0.6) is 5.75 Å². The first-order chi connectivity index (χ1) is 11.7. The van der Waals surface area contributed by atoms with Gasteiger partial charge in [-0.05, 0) is 43.2 Å². The number of hydrogen-bond acceptors (Lipinski definition) is 5. The van der Waals surface area contributed by atoms with Crippen molar-refractivity contribution in [2.24, 2.45) is 5.10 Å². The van der Waals surface area contributed by atoms with Gasteiger partial charge in [-0.3, -0.25) is 5.43 Å². The number of thiazole rings is 1. The summed E-state index contributed by atoms with van der Waals surface area (Å²) < 4.78 is 5.30. The van der Waals surface area contributed by atoms with Crippen LogP contribution in [0.15, 0.2) is 52.9 Å². The number of nitrogens with one attached hydrogen (secondary N) is 1. The number of hydrogen-bond donors (Lipinski definition) is 1. The first kappa shape index (κ1) is 16.2. The molecule has 122 valence electrons. The second-order valence-corrected chi connectivity index (χ2v) is 6.31. The van der Waals surface area contributed by atoms with Crippen molar-refractivity contribution in [3.05, 3.63) is 64.5 Å².